The molecule has 0 atom stereocenters. The van der Waals surface area contributed by atoms with Crippen LogP contribution in [-0.4, -0.2) is 22.4 Å². The van der Waals surface area contributed by atoms with Crippen LogP contribution < -0.4 is 4.74 Å². The molecule has 0 fully saturated rings. The minimum absolute atomic E-state index is 0.136. The lowest BCUT2D eigenvalue weighted by atomic mass is 10.1. The van der Waals surface area contributed by atoms with Crippen LogP contribution in [0.2, 0.25) is 0 Å². The zero-order valence-corrected chi connectivity index (χ0v) is 10.4. The molecule has 18 heavy (non-hydrogen) atoms. The fraction of sp³-hybridized carbons (Fsp3) is 0.214. The van der Waals surface area contributed by atoms with Gasteiger partial charge in [-0.2, -0.15) is 0 Å². The molecular weight excluding hydrogens is 228 g/mol. The highest BCUT2D eigenvalue weighted by Gasteiger charge is 2.05. The number of ketones is 1. The third kappa shape index (κ3) is 2.71. The number of carbonyl (C=O) groups excluding carboxylic acids is 1. The number of rotatable bonds is 4. The minimum Gasteiger partial charge on any atom is -0.494 e. The second kappa shape index (κ2) is 5.40. The van der Waals surface area contributed by atoms with E-state index >= 15 is 0 Å². The predicted octanol–water partition coefficient (Wildman–Crippen LogP) is 2.74. The Morgan fingerprint density at radius 3 is 2.56 bits per heavy atom. The molecule has 2 rings (SSSR count). The summed E-state index contributed by atoms with van der Waals surface area (Å²) in [5.41, 5.74) is 1.67. The molecule has 0 spiro atoms. The molecule has 0 saturated carbocycles. The minimum atomic E-state index is -0.136. The highest BCUT2D eigenvalue weighted by Crippen LogP contribution is 2.20. The fourth-order valence-corrected chi connectivity index (χ4v) is 1.58. The Labute approximate surface area is 106 Å². The standard InChI is InChI=1S/C14H14N2O2/c1-3-18-12-6-4-11(5-7-12)13-8-9-15-14(16-13)10(2)17/h4-9H,3H2,1-2H3. The van der Waals surface area contributed by atoms with E-state index in [-0.39, 0.29) is 11.6 Å². The molecule has 0 radical (unpaired) electrons. The van der Waals surface area contributed by atoms with Crippen molar-refractivity contribution in [3.8, 4) is 17.0 Å². The predicted molar refractivity (Wildman–Crippen MR) is 68.6 cm³/mol. The summed E-state index contributed by atoms with van der Waals surface area (Å²) in [6, 6.07) is 9.37. The highest BCUT2D eigenvalue weighted by atomic mass is 16.5. The van der Waals surface area contributed by atoms with Gasteiger partial charge in [0, 0.05) is 18.7 Å². The van der Waals surface area contributed by atoms with E-state index in [1.807, 2.05) is 31.2 Å². The SMILES string of the molecule is CCOc1ccc(-c2ccnc(C(C)=O)n2)cc1. The molecule has 0 aliphatic heterocycles. The second-order valence-corrected chi connectivity index (χ2v) is 3.78. The summed E-state index contributed by atoms with van der Waals surface area (Å²) in [6.07, 6.45) is 1.59. The van der Waals surface area contributed by atoms with Gasteiger partial charge in [0.25, 0.3) is 0 Å². The van der Waals surface area contributed by atoms with Crippen molar-refractivity contribution in [3.63, 3.8) is 0 Å². The molecule has 1 aromatic heterocycles. The molecule has 4 nitrogen and oxygen atoms in total. The number of nitrogens with zero attached hydrogens (tertiary/aromatic N) is 2. The Bertz CT molecular complexity index is 550. The third-order valence-electron chi connectivity index (χ3n) is 2.43. The normalized spacial score (nSPS) is 10.1. The molecule has 1 heterocycles. The number of hydrogen-bond acceptors (Lipinski definition) is 4. The van der Waals surface area contributed by atoms with Crippen molar-refractivity contribution in [3.05, 3.63) is 42.4 Å². The summed E-state index contributed by atoms with van der Waals surface area (Å²) in [4.78, 5) is 19.4. The Balaban J connectivity index is 2.30. The van der Waals surface area contributed by atoms with Gasteiger partial charge in [-0.1, -0.05) is 0 Å². The van der Waals surface area contributed by atoms with Crippen LogP contribution in [0, 0.1) is 0 Å². The van der Waals surface area contributed by atoms with E-state index in [9.17, 15) is 4.79 Å². The van der Waals surface area contributed by atoms with E-state index in [2.05, 4.69) is 9.97 Å². The van der Waals surface area contributed by atoms with Crippen LogP contribution in [0.4, 0.5) is 0 Å². The third-order valence-corrected chi connectivity index (χ3v) is 2.43. The highest BCUT2D eigenvalue weighted by molar-refractivity contribution is 5.90. The van der Waals surface area contributed by atoms with Crippen LogP contribution >= 0.6 is 0 Å². The monoisotopic (exact) mass is 242 g/mol. The second-order valence-electron chi connectivity index (χ2n) is 3.78. The van der Waals surface area contributed by atoms with E-state index < -0.39 is 0 Å². The van der Waals surface area contributed by atoms with Crippen LogP contribution in [0.3, 0.4) is 0 Å². The van der Waals surface area contributed by atoms with Crippen molar-refractivity contribution in [1.82, 2.24) is 9.97 Å². The van der Waals surface area contributed by atoms with Gasteiger partial charge in [0.15, 0.2) is 11.6 Å². The quantitative estimate of drug-likeness (QED) is 0.773. The van der Waals surface area contributed by atoms with Crippen molar-refractivity contribution < 1.29 is 9.53 Å². The van der Waals surface area contributed by atoms with Gasteiger partial charge in [-0.15, -0.1) is 0 Å². The van der Waals surface area contributed by atoms with Gasteiger partial charge in [-0.25, -0.2) is 9.97 Å². The van der Waals surface area contributed by atoms with Crippen LogP contribution in [-0.2, 0) is 0 Å². The summed E-state index contributed by atoms with van der Waals surface area (Å²) >= 11 is 0. The molecule has 0 aliphatic rings. The molecule has 2 aromatic rings. The average Bonchev–Trinajstić information content (AvgIpc) is 2.40. The molecule has 4 heteroatoms. The Kier molecular flexibility index (Phi) is 3.67. The molecule has 0 unspecified atom stereocenters. The number of ether oxygens (including phenoxy) is 1. The summed E-state index contributed by atoms with van der Waals surface area (Å²) in [5.74, 6) is 0.922. The van der Waals surface area contributed by atoms with Gasteiger partial charge in [0.1, 0.15) is 5.75 Å². The number of benzene rings is 1. The van der Waals surface area contributed by atoms with Crippen molar-refractivity contribution in [2.45, 2.75) is 13.8 Å². The van der Waals surface area contributed by atoms with Crippen LogP contribution in [0.25, 0.3) is 11.3 Å². The summed E-state index contributed by atoms with van der Waals surface area (Å²) in [5, 5.41) is 0. The number of aromatic nitrogens is 2. The first-order chi connectivity index (χ1) is 8.70. The zero-order valence-electron chi connectivity index (χ0n) is 10.4. The summed E-state index contributed by atoms with van der Waals surface area (Å²) in [6.45, 7) is 4.04. The van der Waals surface area contributed by atoms with Gasteiger partial charge < -0.3 is 4.74 Å². The van der Waals surface area contributed by atoms with Crippen LogP contribution in [0.1, 0.15) is 24.5 Å². The molecule has 0 N–H and O–H groups in total. The molecule has 0 bridgehead atoms. The number of carbonyl (C=O) groups is 1. The first-order valence-corrected chi connectivity index (χ1v) is 5.78. The molecule has 0 saturated heterocycles. The Hall–Kier alpha value is -2.23. The fourth-order valence-electron chi connectivity index (χ4n) is 1.58. The van der Waals surface area contributed by atoms with Gasteiger partial charge in [0.05, 0.1) is 12.3 Å². The smallest absolute Gasteiger partial charge is 0.196 e. The Morgan fingerprint density at radius 1 is 1.22 bits per heavy atom. The van der Waals surface area contributed by atoms with E-state index in [0.29, 0.717) is 6.61 Å². The van der Waals surface area contributed by atoms with Crippen LogP contribution in [0.5, 0.6) is 5.75 Å². The molecule has 1 aromatic carbocycles. The van der Waals surface area contributed by atoms with E-state index in [4.69, 9.17) is 4.74 Å². The summed E-state index contributed by atoms with van der Waals surface area (Å²) in [7, 11) is 0. The van der Waals surface area contributed by atoms with E-state index in [0.717, 1.165) is 17.0 Å². The molecule has 0 aliphatic carbocycles. The average molecular weight is 242 g/mol. The van der Waals surface area contributed by atoms with Gasteiger partial charge in [0.2, 0.25) is 0 Å². The maximum atomic E-state index is 11.2. The van der Waals surface area contributed by atoms with Crippen molar-refractivity contribution in [2.24, 2.45) is 0 Å². The zero-order chi connectivity index (χ0) is 13.0. The van der Waals surface area contributed by atoms with Crippen molar-refractivity contribution in [2.75, 3.05) is 6.61 Å². The maximum Gasteiger partial charge on any atom is 0.196 e. The molecule has 0 amide bonds. The topological polar surface area (TPSA) is 52.1 Å². The van der Waals surface area contributed by atoms with E-state index in [1.165, 1.54) is 6.92 Å². The van der Waals surface area contributed by atoms with Crippen molar-refractivity contribution >= 4 is 5.78 Å². The number of Topliss-reactive ketones (excluding diaryl/α,β-unsaturated/α-hetero) is 1. The lowest BCUT2D eigenvalue weighted by Gasteiger charge is -2.05. The largest absolute Gasteiger partial charge is 0.494 e. The van der Waals surface area contributed by atoms with E-state index in [1.54, 1.807) is 12.3 Å². The van der Waals surface area contributed by atoms with Crippen molar-refractivity contribution in [1.29, 1.82) is 0 Å². The first kappa shape index (κ1) is 12.2. The van der Waals surface area contributed by atoms with Crippen LogP contribution in [0.15, 0.2) is 36.5 Å². The Morgan fingerprint density at radius 2 is 1.94 bits per heavy atom. The van der Waals surface area contributed by atoms with Gasteiger partial charge in [-0.3, -0.25) is 4.79 Å². The maximum absolute atomic E-state index is 11.2. The lowest BCUT2D eigenvalue weighted by molar-refractivity contribution is 0.100. The lowest BCUT2D eigenvalue weighted by Crippen LogP contribution is -2.01. The first-order valence-electron chi connectivity index (χ1n) is 5.78. The molecular formula is C14H14N2O2. The van der Waals surface area contributed by atoms with Gasteiger partial charge in [-0.05, 0) is 37.3 Å². The number of hydrogen-bond donors (Lipinski definition) is 0. The van der Waals surface area contributed by atoms with Gasteiger partial charge >= 0.3 is 0 Å². The molecule has 92 valence electrons. The summed E-state index contributed by atoms with van der Waals surface area (Å²) < 4.78 is 5.37.